The summed E-state index contributed by atoms with van der Waals surface area (Å²) in [4.78, 5) is 0. The molecule has 0 spiro atoms. The van der Waals surface area contributed by atoms with Crippen molar-refractivity contribution in [3.05, 3.63) is 35.4 Å². The number of nitriles is 1. The van der Waals surface area contributed by atoms with E-state index in [-0.39, 0.29) is 0 Å². The second-order valence-electron chi connectivity index (χ2n) is 6.20. The van der Waals surface area contributed by atoms with E-state index in [9.17, 15) is 0 Å². The van der Waals surface area contributed by atoms with E-state index in [0.29, 0.717) is 0 Å². The Hall–Kier alpha value is -1.73. The molecule has 2 rings (SSSR count). The second kappa shape index (κ2) is 8.53. The van der Waals surface area contributed by atoms with Crippen LogP contribution in [-0.2, 0) is 0 Å². The highest BCUT2D eigenvalue weighted by molar-refractivity contribution is 5.39. The van der Waals surface area contributed by atoms with Gasteiger partial charge in [-0.05, 0) is 55.2 Å². The van der Waals surface area contributed by atoms with Crippen molar-refractivity contribution in [1.82, 2.24) is 0 Å². The molecule has 1 aliphatic rings. The van der Waals surface area contributed by atoms with Gasteiger partial charge in [0.1, 0.15) is 0 Å². The van der Waals surface area contributed by atoms with Gasteiger partial charge in [0.15, 0.2) is 6.07 Å². The van der Waals surface area contributed by atoms with Crippen molar-refractivity contribution in [2.24, 2.45) is 5.92 Å². The summed E-state index contributed by atoms with van der Waals surface area (Å²) >= 11 is 0. The van der Waals surface area contributed by atoms with Crippen molar-refractivity contribution >= 4 is 0 Å². The Bertz CT molecular complexity index is 516. The van der Waals surface area contributed by atoms with Crippen molar-refractivity contribution in [1.29, 1.82) is 5.26 Å². The Kier molecular flexibility index (Phi) is 6.36. The van der Waals surface area contributed by atoms with Crippen molar-refractivity contribution in [2.45, 2.75) is 64.2 Å². The predicted molar refractivity (Wildman–Crippen MR) is 87.8 cm³/mol. The smallest absolute Gasteiger partial charge is 0.152 e. The molecule has 1 aliphatic carbocycles. The lowest BCUT2D eigenvalue weighted by Crippen LogP contribution is -2.13. The second-order valence-corrected chi connectivity index (χ2v) is 6.20. The zero-order valence-corrected chi connectivity index (χ0v) is 13.1. The molecule has 1 saturated carbocycles. The maximum Gasteiger partial charge on any atom is 0.152 e. The molecule has 1 nitrogen and oxygen atoms in total. The Labute approximate surface area is 129 Å². The van der Waals surface area contributed by atoms with E-state index in [4.69, 9.17) is 5.26 Å². The van der Waals surface area contributed by atoms with Gasteiger partial charge in [-0.1, -0.05) is 50.7 Å². The summed E-state index contributed by atoms with van der Waals surface area (Å²) in [5.41, 5.74) is 2.39. The van der Waals surface area contributed by atoms with Crippen molar-refractivity contribution < 1.29 is 0 Å². The Morgan fingerprint density at radius 1 is 1.05 bits per heavy atom. The number of nitrogens with zero attached hydrogens (tertiary/aromatic N) is 1. The van der Waals surface area contributed by atoms with Crippen LogP contribution in [0.2, 0.25) is 0 Å². The molecule has 21 heavy (non-hydrogen) atoms. The highest BCUT2D eigenvalue weighted by atomic mass is 14.3. The number of hydrogen-bond acceptors (Lipinski definition) is 1. The van der Waals surface area contributed by atoms with E-state index in [1.165, 1.54) is 56.9 Å². The third kappa shape index (κ3) is 4.95. The van der Waals surface area contributed by atoms with Crippen LogP contribution in [0.15, 0.2) is 24.3 Å². The maximum absolute atomic E-state index is 8.46. The van der Waals surface area contributed by atoms with Crippen LogP contribution >= 0.6 is 0 Å². The minimum Gasteiger partial charge on any atom is -0.183 e. The van der Waals surface area contributed by atoms with Crippen LogP contribution in [0.1, 0.15) is 75.3 Å². The van der Waals surface area contributed by atoms with Crippen molar-refractivity contribution in [2.75, 3.05) is 0 Å². The molecule has 0 amide bonds. The lowest BCUT2D eigenvalue weighted by atomic mass is 9.77. The summed E-state index contributed by atoms with van der Waals surface area (Å²) < 4.78 is 0. The molecule has 0 heterocycles. The highest BCUT2D eigenvalue weighted by Crippen LogP contribution is 2.37. The highest BCUT2D eigenvalue weighted by Gasteiger charge is 2.21. The lowest BCUT2D eigenvalue weighted by Gasteiger charge is -2.29. The average Bonchev–Trinajstić information content (AvgIpc) is 2.54. The molecule has 1 aromatic rings. The van der Waals surface area contributed by atoms with Gasteiger partial charge in [0.2, 0.25) is 0 Å². The quantitative estimate of drug-likeness (QED) is 0.522. The van der Waals surface area contributed by atoms with Gasteiger partial charge < -0.3 is 0 Å². The lowest BCUT2D eigenvalue weighted by molar-refractivity contribution is 0.303. The molecule has 1 heteroatoms. The monoisotopic (exact) mass is 279 g/mol. The van der Waals surface area contributed by atoms with Crippen LogP contribution in [0, 0.1) is 29.1 Å². The number of benzene rings is 1. The number of rotatable bonds is 5. The molecule has 0 saturated heterocycles. The summed E-state index contributed by atoms with van der Waals surface area (Å²) in [5, 5.41) is 8.46. The molecule has 0 unspecified atom stereocenters. The first-order valence-corrected chi connectivity index (χ1v) is 8.33. The average molecular weight is 279 g/mol. The Morgan fingerprint density at radius 3 is 2.38 bits per heavy atom. The molecule has 1 fully saturated rings. The first-order chi connectivity index (χ1) is 10.3. The van der Waals surface area contributed by atoms with Crippen molar-refractivity contribution in [3.63, 3.8) is 0 Å². The third-order valence-electron chi connectivity index (χ3n) is 4.71. The van der Waals surface area contributed by atoms with Crippen LogP contribution in [-0.4, -0.2) is 0 Å². The van der Waals surface area contributed by atoms with Crippen LogP contribution < -0.4 is 0 Å². The van der Waals surface area contributed by atoms with Crippen LogP contribution in [0.5, 0.6) is 0 Å². The SMILES string of the molecule is CCCCCC1CCC(c2ccc(C#CC#N)cc2)CC1. The zero-order chi connectivity index (χ0) is 14.9. The molecule has 1 aromatic carbocycles. The molecule has 0 bridgehead atoms. The van der Waals surface area contributed by atoms with E-state index in [2.05, 4.69) is 30.9 Å². The van der Waals surface area contributed by atoms with Crippen LogP contribution in [0.25, 0.3) is 0 Å². The summed E-state index contributed by atoms with van der Waals surface area (Å²) in [6.07, 6.45) is 11.0. The van der Waals surface area contributed by atoms with Gasteiger partial charge in [0.25, 0.3) is 0 Å². The molecular weight excluding hydrogens is 254 g/mol. The molecule has 110 valence electrons. The number of unbranched alkanes of at least 4 members (excludes halogenated alkanes) is 2. The summed E-state index contributed by atoms with van der Waals surface area (Å²) in [7, 11) is 0. The van der Waals surface area contributed by atoms with Crippen molar-refractivity contribution in [3.8, 4) is 17.9 Å². The van der Waals surface area contributed by atoms with Gasteiger partial charge in [-0.15, -0.1) is 0 Å². The summed E-state index contributed by atoms with van der Waals surface area (Å²) in [6.45, 7) is 2.28. The Balaban J connectivity index is 1.83. The first-order valence-electron chi connectivity index (χ1n) is 8.33. The zero-order valence-electron chi connectivity index (χ0n) is 13.1. The van der Waals surface area contributed by atoms with E-state index in [1.807, 2.05) is 18.2 Å². The minimum absolute atomic E-state index is 0.727. The Morgan fingerprint density at radius 2 is 1.76 bits per heavy atom. The van der Waals surface area contributed by atoms with E-state index in [0.717, 1.165) is 17.4 Å². The fraction of sp³-hybridized carbons (Fsp3) is 0.550. The van der Waals surface area contributed by atoms with E-state index < -0.39 is 0 Å². The standard InChI is InChI=1S/C20H25N/c1-2-3-4-6-17-8-12-19(13-9-17)20-14-10-18(11-15-20)7-5-16-21/h10-11,14-15,17,19H,2-4,6,8-9,12-13H2,1H3. The summed E-state index contributed by atoms with van der Waals surface area (Å²) in [5.74, 6) is 6.99. The molecule has 0 radical (unpaired) electrons. The van der Waals surface area contributed by atoms with Crippen LogP contribution in [0.3, 0.4) is 0 Å². The first kappa shape index (κ1) is 15.7. The van der Waals surface area contributed by atoms with Gasteiger partial charge in [-0.3, -0.25) is 0 Å². The molecule has 0 aromatic heterocycles. The van der Waals surface area contributed by atoms with E-state index >= 15 is 0 Å². The normalized spacial score (nSPS) is 21.1. The molecule has 0 N–H and O–H groups in total. The fourth-order valence-electron chi connectivity index (χ4n) is 3.41. The maximum atomic E-state index is 8.46. The van der Waals surface area contributed by atoms with E-state index in [1.54, 1.807) is 0 Å². The fourth-order valence-corrected chi connectivity index (χ4v) is 3.41. The van der Waals surface area contributed by atoms with Gasteiger partial charge in [-0.2, -0.15) is 5.26 Å². The predicted octanol–water partition coefficient (Wildman–Crippen LogP) is 5.42. The van der Waals surface area contributed by atoms with Gasteiger partial charge in [-0.25, -0.2) is 0 Å². The molecule has 0 atom stereocenters. The molecular formula is C20H25N. The molecule has 0 aliphatic heterocycles. The summed E-state index contributed by atoms with van der Waals surface area (Å²) in [6, 6.07) is 10.4. The van der Waals surface area contributed by atoms with Gasteiger partial charge in [0.05, 0.1) is 0 Å². The topological polar surface area (TPSA) is 23.8 Å². The third-order valence-corrected chi connectivity index (χ3v) is 4.71. The van der Waals surface area contributed by atoms with Gasteiger partial charge in [0, 0.05) is 11.5 Å². The van der Waals surface area contributed by atoms with Gasteiger partial charge >= 0.3 is 0 Å². The minimum atomic E-state index is 0.727. The largest absolute Gasteiger partial charge is 0.183 e. The number of hydrogen-bond donors (Lipinski definition) is 0. The van der Waals surface area contributed by atoms with Crippen LogP contribution in [0.4, 0.5) is 0 Å².